The van der Waals surface area contributed by atoms with Crippen LogP contribution in [-0.4, -0.2) is 48.9 Å². The van der Waals surface area contributed by atoms with E-state index in [1.807, 2.05) is 7.05 Å². The Balaban J connectivity index is 2.75. The number of carbonyl (C=O) groups is 2. The van der Waals surface area contributed by atoms with Crippen molar-refractivity contribution in [3.05, 3.63) is 11.8 Å². The smallest absolute Gasteiger partial charge is 0.327 e. The molecule has 5 nitrogen and oxygen atoms in total. The first-order valence-electron chi connectivity index (χ1n) is 6.64. The summed E-state index contributed by atoms with van der Waals surface area (Å²) < 4.78 is 4.63. The lowest BCUT2D eigenvalue weighted by Gasteiger charge is -2.27. The predicted molar refractivity (Wildman–Crippen MR) is 73.6 cm³/mol. The van der Waals surface area contributed by atoms with E-state index in [0.717, 1.165) is 5.57 Å². The van der Waals surface area contributed by atoms with Crippen molar-refractivity contribution in [2.75, 3.05) is 14.2 Å². The number of hydrogen-bond acceptors (Lipinski definition) is 5. The van der Waals surface area contributed by atoms with Gasteiger partial charge in [-0.1, -0.05) is 0 Å². The summed E-state index contributed by atoms with van der Waals surface area (Å²) in [5, 5.41) is 2.94. The van der Waals surface area contributed by atoms with Crippen molar-refractivity contribution in [3.63, 3.8) is 0 Å². The molecule has 108 valence electrons. The van der Waals surface area contributed by atoms with Gasteiger partial charge in [0.15, 0.2) is 5.78 Å². The van der Waals surface area contributed by atoms with Crippen LogP contribution < -0.4 is 5.32 Å². The number of carbonyl (C=O) groups excluding carboxylic acids is 2. The van der Waals surface area contributed by atoms with Crippen LogP contribution in [0.1, 0.15) is 33.6 Å². The van der Waals surface area contributed by atoms with Gasteiger partial charge in [-0.05, 0) is 34.2 Å². The zero-order valence-electron chi connectivity index (χ0n) is 12.4. The lowest BCUT2D eigenvalue weighted by Crippen LogP contribution is -2.35. The molecule has 0 spiro atoms. The summed E-state index contributed by atoms with van der Waals surface area (Å²) in [5.74, 6) is -0.190. The molecule has 1 rings (SSSR count). The molecule has 3 atom stereocenters. The quantitative estimate of drug-likeness (QED) is 0.613. The second-order valence-electron chi connectivity index (χ2n) is 5.28. The number of nitrogens with one attached hydrogen (secondary N) is 1. The van der Waals surface area contributed by atoms with Gasteiger partial charge in [-0.15, -0.1) is 0 Å². The maximum atomic E-state index is 12.1. The number of esters is 1. The third-order valence-electron chi connectivity index (χ3n) is 3.81. The van der Waals surface area contributed by atoms with Gasteiger partial charge in [0.1, 0.15) is 6.04 Å². The van der Waals surface area contributed by atoms with E-state index >= 15 is 0 Å². The molecule has 1 fully saturated rings. The highest BCUT2D eigenvalue weighted by Gasteiger charge is 2.27. The molecule has 0 amide bonds. The zero-order valence-corrected chi connectivity index (χ0v) is 12.4. The minimum Gasteiger partial charge on any atom is -0.467 e. The van der Waals surface area contributed by atoms with Crippen LogP contribution in [0.25, 0.3) is 0 Å². The Bertz CT molecular complexity index is 379. The molecule has 1 N–H and O–H groups in total. The second kappa shape index (κ2) is 6.70. The number of nitrogens with zero attached hydrogens (tertiary/aromatic N) is 1. The van der Waals surface area contributed by atoms with Gasteiger partial charge >= 0.3 is 5.97 Å². The van der Waals surface area contributed by atoms with Crippen molar-refractivity contribution in [2.45, 2.75) is 51.7 Å². The Morgan fingerprint density at radius 3 is 2.58 bits per heavy atom. The normalized spacial score (nSPS) is 28.9. The second-order valence-corrected chi connectivity index (χ2v) is 5.28. The van der Waals surface area contributed by atoms with Gasteiger partial charge < -0.3 is 15.0 Å². The average Bonchev–Trinajstić information content (AvgIpc) is 2.47. The Morgan fingerprint density at radius 2 is 2.00 bits per heavy atom. The molecule has 0 radical (unpaired) electrons. The molecule has 0 aromatic heterocycles. The number of likely N-dealkylation sites (tertiary alicyclic amines) is 1. The van der Waals surface area contributed by atoms with Crippen molar-refractivity contribution >= 4 is 11.8 Å². The predicted octanol–water partition coefficient (Wildman–Crippen LogP) is 1.09. The van der Waals surface area contributed by atoms with Crippen molar-refractivity contribution in [3.8, 4) is 0 Å². The van der Waals surface area contributed by atoms with E-state index in [0.29, 0.717) is 18.9 Å². The summed E-state index contributed by atoms with van der Waals surface area (Å²) in [6, 6.07) is 0.105. The highest BCUT2D eigenvalue weighted by molar-refractivity contribution is 5.96. The monoisotopic (exact) mass is 268 g/mol. The molecule has 0 saturated carbocycles. The van der Waals surface area contributed by atoms with Crippen LogP contribution in [0.3, 0.4) is 0 Å². The van der Waals surface area contributed by atoms with Crippen LogP contribution in [0.15, 0.2) is 11.8 Å². The maximum Gasteiger partial charge on any atom is 0.327 e. The standard InChI is InChI=1S/C14H24N2O3/c1-9-6-12(8-15-11(3)14(18)19-5)13(17)7-10(2)16(9)4/h8-11,15H,6-7H2,1-5H3/b12-8-. The number of ether oxygens (including phenoxy) is 1. The number of Topliss-reactive ketones (excluding diaryl/α,β-unsaturated/α-hetero) is 1. The summed E-state index contributed by atoms with van der Waals surface area (Å²) in [5.41, 5.74) is 0.749. The first-order valence-corrected chi connectivity index (χ1v) is 6.64. The maximum absolute atomic E-state index is 12.1. The van der Waals surface area contributed by atoms with Crippen molar-refractivity contribution in [1.82, 2.24) is 10.2 Å². The highest BCUT2D eigenvalue weighted by Crippen LogP contribution is 2.21. The molecular weight excluding hydrogens is 244 g/mol. The van der Waals surface area contributed by atoms with Gasteiger partial charge in [-0.3, -0.25) is 4.79 Å². The zero-order chi connectivity index (χ0) is 14.6. The van der Waals surface area contributed by atoms with Crippen molar-refractivity contribution in [2.24, 2.45) is 0 Å². The van der Waals surface area contributed by atoms with E-state index in [1.54, 1.807) is 13.1 Å². The van der Waals surface area contributed by atoms with Gasteiger partial charge in [0.2, 0.25) is 0 Å². The molecule has 1 aliphatic rings. The fraction of sp³-hybridized carbons (Fsp3) is 0.714. The van der Waals surface area contributed by atoms with Crippen LogP contribution in [0.5, 0.6) is 0 Å². The number of ketones is 1. The van der Waals surface area contributed by atoms with Gasteiger partial charge in [-0.25, -0.2) is 4.79 Å². The average molecular weight is 268 g/mol. The van der Waals surface area contributed by atoms with Crippen LogP contribution in [0, 0.1) is 0 Å². The van der Waals surface area contributed by atoms with E-state index in [1.165, 1.54) is 7.11 Å². The SMILES string of the molecule is COC(=O)C(C)N/C=C1/CC(C)N(C)C(C)CC1=O. The molecule has 1 saturated heterocycles. The molecule has 1 heterocycles. The Labute approximate surface area is 115 Å². The first-order chi connectivity index (χ1) is 8.86. The molecule has 0 aromatic carbocycles. The van der Waals surface area contributed by atoms with Gasteiger partial charge in [-0.2, -0.15) is 0 Å². The van der Waals surface area contributed by atoms with Gasteiger partial charge in [0, 0.05) is 30.3 Å². The highest BCUT2D eigenvalue weighted by atomic mass is 16.5. The topological polar surface area (TPSA) is 58.6 Å². The van der Waals surface area contributed by atoms with Crippen LogP contribution in [0.2, 0.25) is 0 Å². The van der Waals surface area contributed by atoms with E-state index in [2.05, 4.69) is 28.8 Å². The third kappa shape index (κ3) is 4.06. The molecule has 0 aromatic rings. The van der Waals surface area contributed by atoms with Gasteiger partial charge in [0.25, 0.3) is 0 Å². The number of rotatable bonds is 3. The third-order valence-corrected chi connectivity index (χ3v) is 3.81. The Kier molecular flexibility index (Phi) is 5.54. The molecule has 19 heavy (non-hydrogen) atoms. The summed E-state index contributed by atoms with van der Waals surface area (Å²) in [6.07, 6.45) is 2.88. The first kappa shape index (κ1) is 15.7. The van der Waals surface area contributed by atoms with Crippen LogP contribution >= 0.6 is 0 Å². The van der Waals surface area contributed by atoms with E-state index in [-0.39, 0.29) is 17.8 Å². The lowest BCUT2D eigenvalue weighted by molar-refractivity contribution is -0.142. The van der Waals surface area contributed by atoms with E-state index in [9.17, 15) is 9.59 Å². The Morgan fingerprint density at radius 1 is 1.42 bits per heavy atom. The lowest BCUT2D eigenvalue weighted by atomic mass is 10.0. The molecule has 0 bridgehead atoms. The fourth-order valence-corrected chi connectivity index (χ4v) is 2.16. The minimum absolute atomic E-state index is 0.147. The van der Waals surface area contributed by atoms with E-state index in [4.69, 9.17) is 0 Å². The van der Waals surface area contributed by atoms with Crippen molar-refractivity contribution in [1.29, 1.82) is 0 Å². The fourth-order valence-electron chi connectivity index (χ4n) is 2.16. The molecule has 5 heteroatoms. The summed E-state index contributed by atoms with van der Waals surface area (Å²) >= 11 is 0. The number of methoxy groups -OCH3 is 1. The summed E-state index contributed by atoms with van der Waals surface area (Å²) in [6.45, 7) is 5.87. The largest absolute Gasteiger partial charge is 0.467 e. The van der Waals surface area contributed by atoms with Crippen LogP contribution in [-0.2, 0) is 14.3 Å². The Hall–Kier alpha value is -1.36. The van der Waals surface area contributed by atoms with Crippen molar-refractivity contribution < 1.29 is 14.3 Å². The number of hydrogen-bond donors (Lipinski definition) is 1. The summed E-state index contributed by atoms with van der Waals surface area (Å²) in [7, 11) is 3.39. The van der Waals surface area contributed by atoms with E-state index < -0.39 is 6.04 Å². The molecule has 1 aliphatic heterocycles. The molecule has 3 unspecified atom stereocenters. The summed E-state index contributed by atoms with van der Waals surface area (Å²) in [4.78, 5) is 25.6. The minimum atomic E-state index is -0.445. The molecule has 0 aliphatic carbocycles. The van der Waals surface area contributed by atoms with Crippen LogP contribution in [0.4, 0.5) is 0 Å². The molecular formula is C14H24N2O3. The van der Waals surface area contributed by atoms with Gasteiger partial charge in [0.05, 0.1) is 7.11 Å².